The minimum Gasteiger partial charge on any atom is -0.478 e. The molecule has 0 fully saturated rings. The van der Waals surface area contributed by atoms with Gasteiger partial charge in [0.25, 0.3) is 0 Å². The van der Waals surface area contributed by atoms with Crippen molar-refractivity contribution in [3.63, 3.8) is 0 Å². The molecule has 2 aromatic carbocycles. The zero-order valence-corrected chi connectivity index (χ0v) is 12.2. The third-order valence-corrected chi connectivity index (χ3v) is 4.70. The van der Waals surface area contributed by atoms with Crippen LogP contribution in [0.15, 0.2) is 47.4 Å². The molecular weight excluding hydrogens is 319 g/mol. The first-order valence-electron chi connectivity index (χ1n) is 5.79. The van der Waals surface area contributed by atoms with Crippen LogP contribution in [-0.4, -0.2) is 19.5 Å². The van der Waals surface area contributed by atoms with Crippen molar-refractivity contribution in [1.29, 1.82) is 0 Å². The standard InChI is InChI=1S/C14H10ClFO4S/c15-10-2-1-3-11(7-10)21(19,20)8-9-4-5-12(14(17)18)13(16)6-9/h1-7H,8H2,(H,17,18). The number of hydrogen-bond acceptors (Lipinski definition) is 3. The minimum atomic E-state index is -3.68. The summed E-state index contributed by atoms with van der Waals surface area (Å²) in [7, 11) is -3.68. The van der Waals surface area contributed by atoms with Crippen LogP contribution in [-0.2, 0) is 15.6 Å². The third-order valence-electron chi connectivity index (χ3n) is 2.78. The molecule has 2 aromatic rings. The largest absolute Gasteiger partial charge is 0.478 e. The highest BCUT2D eigenvalue weighted by Gasteiger charge is 2.18. The van der Waals surface area contributed by atoms with Gasteiger partial charge in [0.15, 0.2) is 9.84 Å². The number of halogens is 2. The Balaban J connectivity index is 2.33. The van der Waals surface area contributed by atoms with E-state index in [-0.39, 0.29) is 15.5 Å². The molecule has 21 heavy (non-hydrogen) atoms. The highest BCUT2D eigenvalue weighted by molar-refractivity contribution is 7.90. The minimum absolute atomic E-state index is 0.0257. The van der Waals surface area contributed by atoms with E-state index < -0.39 is 32.9 Å². The van der Waals surface area contributed by atoms with Crippen LogP contribution in [0.4, 0.5) is 4.39 Å². The van der Waals surface area contributed by atoms with E-state index in [1.165, 1.54) is 24.3 Å². The summed E-state index contributed by atoms with van der Waals surface area (Å²) in [5, 5.41) is 9.01. The summed E-state index contributed by atoms with van der Waals surface area (Å²) in [6, 6.07) is 8.97. The fraction of sp³-hybridized carbons (Fsp3) is 0.0714. The molecule has 0 heterocycles. The van der Waals surface area contributed by atoms with E-state index in [9.17, 15) is 17.6 Å². The summed E-state index contributed by atoms with van der Waals surface area (Å²) >= 11 is 5.75. The molecular formula is C14H10ClFO4S. The van der Waals surface area contributed by atoms with Crippen LogP contribution in [0.2, 0.25) is 5.02 Å². The Kier molecular flexibility index (Phi) is 4.29. The predicted octanol–water partition coefficient (Wildman–Crippen LogP) is 3.15. The number of rotatable bonds is 4. The van der Waals surface area contributed by atoms with Crippen molar-refractivity contribution in [1.82, 2.24) is 0 Å². The molecule has 0 atom stereocenters. The second-order valence-corrected chi connectivity index (χ2v) is 6.76. The summed E-state index contributed by atoms with van der Waals surface area (Å²) in [4.78, 5) is 10.7. The lowest BCUT2D eigenvalue weighted by Gasteiger charge is -2.06. The van der Waals surface area contributed by atoms with Gasteiger partial charge < -0.3 is 5.11 Å². The lowest BCUT2D eigenvalue weighted by atomic mass is 10.1. The van der Waals surface area contributed by atoms with E-state index in [2.05, 4.69) is 0 Å². The first-order chi connectivity index (χ1) is 9.79. The van der Waals surface area contributed by atoms with Gasteiger partial charge in [-0.2, -0.15) is 0 Å². The molecule has 0 saturated carbocycles. The van der Waals surface area contributed by atoms with E-state index in [0.29, 0.717) is 0 Å². The molecule has 0 spiro atoms. The van der Waals surface area contributed by atoms with Crippen molar-refractivity contribution in [2.45, 2.75) is 10.6 Å². The fourth-order valence-corrected chi connectivity index (χ4v) is 3.42. The van der Waals surface area contributed by atoms with Crippen molar-refractivity contribution in [2.24, 2.45) is 0 Å². The Morgan fingerprint density at radius 3 is 2.48 bits per heavy atom. The molecule has 0 aliphatic heterocycles. The topological polar surface area (TPSA) is 71.4 Å². The Morgan fingerprint density at radius 1 is 1.19 bits per heavy atom. The summed E-state index contributed by atoms with van der Waals surface area (Å²) in [5.41, 5.74) is -0.337. The maximum Gasteiger partial charge on any atom is 0.338 e. The lowest BCUT2D eigenvalue weighted by molar-refractivity contribution is 0.0692. The second kappa shape index (κ2) is 5.83. The van der Waals surface area contributed by atoms with Gasteiger partial charge in [0.05, 0.1) is 16.2 Å². The molecule has 2 rings (SSSR count). The average Bonchev–Trinajstić information content (AvgIpc) is 2.37. The zero-order valence-electron chi connectivity index (χ0n) is 10.6. The van der Waals surface area contributed by atoms with Gasteiger partial charge in [-0.25, -0.2) is 17.6 Å². The van der Waals surface area contributed by atoms with Crippen LogP contribution in [0, 0.1) is 5.82 Å². The van der Waals surface area contributed by atoms with Crippen molar-refractivity contribution < 1.29 is 22.7 Å². The van der Waals surface area contributed by atoms with E-state index in [1.54, 1.807) is 6.07 Å². The van der Waals surface area contributed by atoms with Crippen LogP contribution in [0.1, 0.15) is 15.9 Å². The molecule has 7 heteroatoms. The highest BCUT2D eigenvalue weighted by atomic mass is 35.5. The SMILES string of the molecule is O=C(O)c1ccc(CS(=O)(=O)c2cccc(Cl)c2)cc1F. The van der Waals surface area contributed by atoms with E-state index in [0.717, 1.165) is 12.1 Å². The zero-order chi connectivity index (χ0) is 15.6. The van der Waals surface area contributed by atoms with Gasteiger partial charge >= 0.3 is 5.97 Å². The Labute approximate surface area is 125 Å². The molecule has 0 bridgehead atoms. The normalized spacial score (nSPS) is 11.3. The van der Waals surface area contributed by atoms with Crippen molar-refractivity contribution in [3.05, 3.63) is 64.4 Å². The quantitative estimate of drug-likeness (QED) is 0.935. The smallest absolute Gasteiger partial charge is 0.338 e. The molecule has 0 saturated heterocycles. The van der Waals surface area contributed by atoms with Crippen molar-refractivity contribution in [3.8, 4) is 0 Å². The van der Waals surface area contributed by atoms with Crippen LogP contribution in [0.25, 0.3) is 0 Å². The maximum absolute atomic E-state index is 13.5. The average molecular weight is 329 g/mol. The van der Waals surface area contributed by atoms with E-state index in [4.69, 9.17) is 16.7 Å². The molecule has 110 valence electrons. The fourth-order valence-electron chi connectivity index (χ4n) is 1.79. The summed E-state index contributed by atoms with van der Waals surface area (Å²) < 4.78 is 37.9. The molecule has 0 aromatic heterocycles. The number of carbonyl (C=O) groups is 1. The first kappa shape index (κ1) is 15.5. The van der Waals surface area contributed by atoms with Crippen LogP contribution in [0.5, 0.6) is 0 Å². The number of aromatic carboxylic acids is 1. The third kappa shape index (κ3) is 3.59. The molecule has 0 aliphatic rings. The molecule has 1 N–H and O–H groups in total. The first-order valence-corrected chi connectivity index (χ1v) is 7.83. The van der Waals surface area contributed by atoms with Gasteiger partial charge in [-0.15, -0.1) is 0 Å². The van der Waals surface area contributed by atoms with Crippen molar-refractivity contribution >= 4 is 27.4 Å². The van der Waals surface area contributed by atoms with Crippen LogP contribution < -0.4 is 0 Å². The van der Waals surface area contributed by atoms with Gasteiger partial charge in [-0.1, -0.05) is 23.7 Å². The van der Waals surface area contributed by atoms with Crippen LogP contribution in [0.3, 0.4) is 0 Å². The summed E-state index contributed by atoms with van der Waals surface area (Å²) in [6.45, 7) is 0. The number of carboxylic acid groups (broad SMARTS) is 1. The monoisotopic (exact) mass is 328 g/mol. The number of hydrogen-bond donors (Lipinski definition) is 1. The van der Waals surface area contributed by atoms with E-state index >= 15 is 0 Å². The molecule has 0 amide bonds. The van der Waals surface area contributed by atoms with Gasteiger partial charge in [0.2, 0.25) is 0 Å². The lowest BCUT2D eigenvalue weighted by Crippen LogP contribution is -2.07. The number of sulfone groups is 1. The summed E-state index contributed by atoms with van der Waals surface area (Å²) in [6.07, 6.45) is 0. The Bertz CT molecular complexity index is 802. The highest BCUT2D eigenvalue weighted by Crippen LogP contribution is 2.21. The molecule has 0 unspecified atom stereocenters. The molecule has 0 radical (unpaired) electrons. The summed E-state index contributed by atoms with van der Waals surface area (Å²) in [5.74, 6) is -2.82. The van der Waals surface area contributed by atoms with Crippen LogP contribution >= 0.6 is 11.6 Å². The Hall–Kier alpha value is -1.92. The van der Waals surface area contributed by atoms with Gasteiger partial charge in [-0.05, 0) is 35.9 Å². The predicted molar refractivity (Wildman–Crippen MR) is 75.7 cm³/mol. The number of benzene rings is 2. The van der Waals surface area contributed by atoms with Gasteiger partial charge in [-0.3, -0.25) is 0 Å². The second-order valence-electron chi connectivity index (χ2n) is 4.34. The number of carboxylic acids is 1. The van der Waals surface area contributed by atoms with Gasteiger partial charge in [0.1, 0.15) is 5.82 Å². The van der Waals surface area contributed by atoms with Gasteiger partial charge in [0, 0.05) is 5.02 Å². The maximum atomic E-state index is 13.5. The molecule has 4 nitrogen and oxygen atoms in total. The molecule has 0 aliphatic carbocycles. The van der Waals surface area contributed by atoms with Crippen molar-refractivity contribution in [2.75, 3.05) is 0 Å². The van der Waals surface area contributed by atoms with E-state index in [1.807, 2.05) is 0 Å². The Morgan fingerprint density at radius 2 is 1.90 bits per heavy atom.